The van der Waals surface area contributed by atoms with Crippen molar-refractivity contribution in [2.75, 3.05) is 7.11 Å². The molecule has 124 valence electrons. The monoisotopic (exact) mass is 334 g/mol. The van der Waals surface area contributed by atoms with Crippen molar-refractivity contribution < 1.29 is 17.9 Å². The van der Waals surface area contributed by atoms with Crippen LogP contribution in [0.3, 0.4) is 0 Å². The molecule has 8 heteroatoms. The van der Waals surface area contributed by atoms with E-state index in [4.69, 9.17) is 4.74 Å². The molecule has 0 unspecified atom stereocenters. The third kappa shape index (κ3) is 3.08. The van der Waals surface area contributed by atoms with Crippen molar-refractivity contribution >= 4 is 0 Å². The maximum Gasteiger partial charge on any atom is 0.433 e. The number of halogens is 3. The zero-order valence-electron chi connectivity index (χ0n) is 12.9. The largest absolute Gasteiger partial charge is 0.497 e. The maximum atomic E-state index is 13.2. The van der Waals surface area contributed by atoms with Crippen LogP contribution in [0.15, 0.2) is 42.6 Å². The zero-order chi connectivity index (χ0) is 17.3. The molecule has 0 saturated heterocycles. The van der Waals surface area contributed by atoms with Crippen LogP contribution in [0, 0.1) is 6.92 Å². The average Bonchev–Trinajstić information content (AvgIpc) is 3.00. The summed E-state index contributed by atoms with van der Waals surface area (Å²) >= 11 is 0. The Kier molecular flexibility index (Phi) is 3.96. The summed E-state index contributed by atoms with van der Waals surface area (Å²) in [4.78, 5) is 7.83. The quantitative estimate of drug-likeness (QED) is 0.733. The van der Waals surface area contributed by atoms with E-state index in [0.29, 0.717) is 17.0 Å². The Bertz CT molecular complexity index is 857. The van der Waals surface area contributed by atoms with E-state index in [1.54, 1.807) is 37.3 Å². The smallest absolute Gasteiger partial charge is 0.433 e. The van der Waals surface area contributed by atoms with Crippen molar-refractivity contribution in [1.82, 2.24) is 19.7 Å². The lowest BCUT2D eigenvalue weighted by molar-refractivity contribution is -0.141. The lowest BCUT2D eigenvalue weighted by Crippen LogP contribution is -2.14. The van der Waals surface area contributed by atoms with Crippen LogP contribution in [0.1, 0.15) is 11.4 Å². The van der Waals surface area contributed by atoms with Crippen molar-refractivity contribution in [1.29, 1.82) is 0 Å². The molecule has 0 radical (unpaired) electrons. The molecule has 0 saturated carbocycles. The summed E-state index contributed by atoms with van der Waals surface area (Å²) in [6.45, 7) is 1.71. The first kappa shape index (κ1) is 16.0. The Labute approximate surface area is 135 Å². The van der Waals surface area contributed by atoms with Gasteiger partial charge in [0.15, 0.2) is 5.69 Å². The second-order valence-electron chi connectivity index (χ2n) is 5.05. The summed E-state index contributed by atoms with van der Waals surface area (Å²) in [6, 6.07) is 9.18. The number of methoxy groups -OCH3 is 1. The fraction of sp³-hybridized carbons (Fsp3) is 0.188. The molecule has 24 heavy (non-hydrogen) atoms. The van der Waals surface area contributed by atoms with Gasteiger partial charge in [-0.1, -0.05) is 0 Å². The van der Waals surface area contributed by atoms with Gasteiger partial charge >= 0.3 is 6.18 Å². The highest BCUT2D eigenvalue weighted by Crippen LogP contribution is 2.31. The topological polar surface area (TPSA) is 52.8 Å². The van der Waals surface area contributed by atoms with Crippen LogP contribution in [-0.2, 0) is 6.18 Å². The molecule has 0 amide bonds. The van der Waals surface area contributed by atoms with Crippen LogP contribution in [-0.4, -0.2) is 26.9 Å². The minimum atomic E-state index is -4.58. The average molecular weight is 334 g/mol. The molecule has 1 aromatic carbocycles. The Hall–Kier alpha value is -2.90. The molecule has 0 fully saturated rings. The summed E-state index contributed by atoms with van der Waals surface area (Å²) in [5, 5.41) is 3.98. The summed E-state index contributed by atoms with van der Waals surface area (Å²) < 4.78 is 45.9. The number of hydrogen-bond acceptors (Lipinski definition) is 4. The number of hydrogen-bond donors (Lipinski definition) is 0. The molecule has 3 rings (SSSR count). The highest BCUT2D eigenvalue weighted by Gasteiger charge is 2.34. The van der Waals surface area contributed by atoms with Crippen LogP contribution in [0.25, 0.3) is 17.2 Å². The number of nitrogens with zero attached hydrogens (tertiary/aromatic N) is 4. The molecule has 0 aliphatic rings. The highest BCUT2D eigenvalue weighted by molar-refractivity contribution is 5.61. The fourth-order valence-electron chi connectivity index (χ4n) is 2.16. The van der Waals surface area contributed by atoms with Crippen LogP contribution in [0.2, 0.25) is 0 Å². The first-order chi connectivity index (χ1) is 11.4. The molecular weight excluding hydrogens is 321 g/mol. The van der Waals surface area contributed by atoms with E-state index in [0.717, 1.165) is 6.07 Å². The molecule has 0 atom stereocenters. The zero-order valence-corrected chi connectivity index (χ0v) is 12.9. The summed E-state index contributed by atoms with van der Waals surface area (Å²) in [5.41, 5.74) is 0.294. The molecule has 2 aromatic heterocycles. The first-order valence-corrected chi connectivity index (χ1v) is 7.00. The van der Waals surface area contributed by atoms with E-state index in [-0.39, 0.29) is 11.6 Å². The minimum Gasteiger partial charge on any atom is -0.497 e. The summed E-state index contributed by atoms with van der Waals surface area (Å²) in [5.74, 6) is 0.477. The molecule has 0 aliphatic heterocycles. The van der Waals surface area contributed by atoms with Crippen molar-refractivity contribution in [2.45, 2.75) is 13.1 Å². The van der Waals surface area contributed by atoms with Gasteiger partial charge in [-0.15, -0.1) is 0 Å². The molecule has 5 nitrogen and oxygen atoms in total. The molecule has 0 aliphatic carbocycles. The Morgan fingerprint density at radius 3 is 2.29 bits per heavy atom. The van der Waals surface area contributed by atoms with Gasteiger partial charge < -0.3 is 4.74 Å². The van der Waals surface area contributed by atoms with Gasteiger partial charge in [0.25, 0.3) is 5.95 Å². The van der Waals surface area contributed by atoms with Gasteiger partial charge in [0, 0.05) is 17.5 Å². The predicted octanol–water partition coefficient (Wildman–Crippen LogP) is 3.67. The second-order valence-corrected chi connectivity index (χ2v) is 5.05. The molecular formula is C16H13F3N4O. The number of alkyl halides is 3. The Balaban J connectivity index is 2.16. The molecule has 0 bridgehead atoms. The van der Waals surface area contributed by atoms with Gasteiger partial charge in [0.1, 0.15) is 5.75 Å². The third-order valence-corrected chi connectivity index (χ3v) is 3.41. The van der Waals surface area contributed by atoms with Crippen molar-refractivity contribution in [3.63, 3.8) is 0 Å². The minimum absolute atomic E-state index is 0.127. The Morgan fingerprint density at radius 2 is 1.75 bits per heavy atom. The van der Waals surface area contributed by atoms with Crippen molar-refractivity contribution in [3.8, 4) is 23.0 Å². The number of aryl methyl sites for hydroxylation is 1. The van der Waals surface area contributed by atoms with Crippen molar-refractivity contribution in [2.24, 2.45) is 0 Å². The molecule has 3 aromatic rings. The molecule has 0 N–H and O–H groups in total. The van der Waals surface area contributed by atoms with Crippen LogP contribution < -0.4 is 4.74 Å². The molecule has 2 heterocycles. The van der Waals surface area contributed by atoms with E-state index in [9.17, 15) is 13.2 Å². The summed E-state index contributed by atoms with van der Waals surface area (Å²) in [6.07, 6.45) is -3.11. The number of ether oxygens (including phenoxy) is 1. The lowest BCUT2D eigenvalue weighted by atomic mass is 10.1. The number of rotatable bonds is 3. The van der Waals surface area contributed by atoms with E-state index in [1.807, 2.05) is 0 Å². The molecule has 0 spiro atoms. The van der Waals surface area contributed by atoms with Gasteiger partial charge in [0.2, 0.25) is 0 Å². The Morgan fingerprint density at radius 1 is 1.04 bits per heavy atom. The van der Waals surface area contributed by atoms with Gasteiger partial charge in [-0.25, -0.2) is 14.6 Å². The van der Waals surface area contributed by atoms with Gasteiger partial charge in [-0.05, 0) is 43.3 Å². The lowest BCUT2D eigenvalue weighted by Gasteiger charge is -2.11. The fourth-order valence-corrected chi connectivity index (χ4v) is 2.16. The second kappa shape index (κ2) is 5.95. The highest BCUT2D eigenvalue weighted by atomic mass is 19.4. The van der Waals surface area contributed by atoms with Crippen LogP contribution >= 0.6 is 0 Å². The van der Waals surface area contributed by atoms with Crippen molar-refractivity contribution in [3.05, 3.63) is 54.0 Å². The first-order valence-electron chi connectivity index (χ1n) is 7.00. The third-order valence-electron chi connectivity index (χ3n) is 3.41. The van der Waals surface area contributed by atoms with E-state index >= 15 is 0 Å². The van der Waals surface area contributed by atoms with E-state index < -0.39 is 11.9 Å². The summed E-state index contributed by atoms with van der Waals surface area (Å²) in [7, 11) is 1.51. The standard InChI is InChI=1S/C16H13F3N4O/c1-10-7-8-20-23(10)15-21-13(9-14(22-15)16(17,18)19)11-3-5-12(24-2)6-4-11/h3-9H,1-2H3. The van der Waals surface area contributed by atoms with Gasteiger partial charge in [-0.3, -0.25) is 0 Å². The van der Waals surface area contributed by atoms with Crippen LogP contribution in [0.5, 0.6) is 5.75 Å². The maximum absolute atomic E-state index is 13.2. The van der Waals surface area contributed by atoms with Gasteiger partial charge in [0.05, 0.1) is 12.8 Å². The SMILES string of the molecule is COc1ccc(-c2cc(C(F)(F)F)nc(-n3nccc3C)n2)cc1. The normalized spacial score (nSPS) is 11.5. The number of aromatic nitrogens is 4. The van der Waals surface area contributed by atoms with E-state index in [2.05, 4.69) is 15.1 Å². The predicted molar refractivity (Wildman–Crippen MR) is 80.9 cm³/mol. The van der Waals surface area contributed by atoms with Gasteiger partial charge in [-0.2, -0.15) is 18.3 Å². The van der Waals surface area contributed by atoms with E-state index in [1.165, 1.54) is 18.0 Å². The van der Waals surface area contributed by atoms with Crippen LogP contribution in [0.4, 0.5) is 13.2 Å². The number of benzene rings is 1.